The molecule has 3 nitrogen and oxygen atoms in total. The van der Waals surface area contributed by atoms with E-state index >= 15 is 0 Å². The molecule has 0 radical (unpaired) electrons. The number of para-hydroxylation sites is 1. The van der Waals surface area contributed by atoms with Crippen LogP contribution >= 0.6 is 0 Å². The van der Waals surface area contributed by atoms with Gasteiger partial charge in [-0.3, -0.25) is 4.79 Å². The van der Waals surface area contributed by atoms with E-state index in [9.17, 15) is 18.0 Å². The largest absolute Gasteiger partial charge is 0.312 e. The number of benzene rings is 2. The van der Waals surface area contributed by atoms with E-state index in [0.29, 0.717) is 0 Å². The molecule has 114 valence electrons. The van der Waals surface area contributed by atoms with Gasteiger partial charge in [-0.2, -0.15) is 5.26 Å². The third-order valence-electron chi connectivity index (χ3n) is 3.54. The van der Waals surface area contributed by atoms with Crippen LogP contribution in [0.5, 0.6) is 0 Å². The van der Waals surface area contributed by atoms with Crippen molar-refractivity contribution in [2.24, 2.45) is 0 Å². The lowest BCUT2D eigenvalue weighted by molar-refractivity contribution is 0.288. The highest BCUT2D eigenvalue weighted by molar-refractivity contribution is 5.80. The molecule has 3 rings (SSSR count). The molecule has 3 aromatic rings. The van der Waals surface area contributed by atoms with E-state index in [0.717, 1.165) is 22.9 Å². The summed E-state index contributed by atoms with van der Waals surface area (Å²) in [5, 5.41) is 9.16. The zero-order chi connectivity index (χ0) is 16.6. The maximum Gasteiger partial charge on any atom is 0.207 e. The second kappa shape index (κ2) is 5.61. The molecule has 0 N–H and O–H groups in total. The summed E-state index contributed by atoms with van der Waals surface area (Å²) in [6.45, 7) is 0. The third kappa shape index (κ3) is 2.36. The second-order valence-electron chi connectivity index (χ2n) is 4.89. The lowest BCUT2D eigenvalue weighted by atomic mass is 10.1. The lowest BCUT2D eigenvalue weighted by Crippen LogP contribution is -2.16. The van der Waals surface area contributed by atoms with Gasteiger partial charge in [-0.15, -0.1) is 0 Å². The van der Waals surface area contributed by atoms with E-state index in [-0.39, 0.29) is 16.5 Å². The highest BCUT2D eigenvalue weighted by Gasteiger charge is 2.21. The second-order valence-corrected chi connectivity index (χ2v) is 4.89. The molecule has 0 spiro atoms. The van der Waals surface area contributed by atoms with Crippen LogP contribution in [-0.2, 0) is 0 Å². The Kier molecular flexibility index (Phi) is 3.62. The van der Waals surface area contributed by atoms with Crippen molar-refractivity contribution in [1.29, 1.82) is 5.26 Å². The summed E-state index contributed by atoms with van der Waals surface area (Å²) in [5.41, 5.74) is -1.13. The van der Waals surface area contributed by atoms with Crippen LogP contribution in [-0.4, -0.2) is 4.57 Å². The summed E-state index contributed by atoms with van der Waals surface area (Å²) in [6, 6.07) is 11.0. The molecule has 0 aliphatic heterocycles. The van der Waals surface area contributed by atoms with Crippen molar-refractivity contribution >= 4 is 10.9 Å². The van der Waals surface area contributed by atoms with Gasteiger partial charge in [0.15, 0.2) is 11.6 Å². The van der Waals surface area contributed by atoms with Gasteiger partial charge in [0.2, 0.25) is 11.7 Å². The predicted molar refractivity (Wildman–Crippen MR) is 78.5 cm³/mol. The van der Waals surface area contributed by atoms with E-state index in [1.165, 1.54) is 18.2 Å². The van der Waals surface area contributed by atoms with E-state index < -0.39 is 28.9 Å². The number of nitriles is 1. The summed E-state index contributed by atoms with van der Waals surface area (Å²) in [6.07, 6.45) is -1.07. The fraction of sp³-hybridized carbons (Fsp3) is 0.0588. The van der Waals surface area contributed by atoms with Gasteiger partial charge in [0.1, 0.15) is 11.6 Å². The van der Waals surface area contributed by atoms with Crippen LogP contribution in [0, 0.1) is 23.0 Å². The Morgan fingerprint density at radius 3 is 2.57 bits per heavy atom. The molecule has 1 heterocycles. The summed E-state index contributed by atoms with van der Waals surface area (Å²) in [4.78, 5) is 12.1. The number of halogens is 3. The molecular formula is C17H9F3N2O. The number of hydrogen-bond acceptors (Lipinski definition) is 2. The van der Waals surface area contributed by atoms with Crippen molar-refractivity contribution in [2.45, 2.75) is 6.30 Å². The normalized spacial score (nSPS) is 12.1. The summed E-state index contributed by atoms with van der Waals surface area (Å²) in [5.74, 6) is -2.47. The molecule has 1 atom stereocenters. The van der Waals surface area contributed by atoms with Crippen molar-refractivity contribution in [3.05, 3.63) is 81.6 Å². The van der Waals surface area contributed by atoms with E-state index in [2.05, 4.69) is 0 Å². The lowest BCUT2D eigenvalue weighted by Gasteiger charge is -2.17. The minimum Gasteiger partial charge on any atom is -0.312 e. The Morgan fingerprint density at radius 1 is 1.09 bits per heavy atom. The number of pyridine rings is 1. The summed E-state index contributed by atoms with van der Waals surface area (Å²) >= 11 is 0. The van der Waals surface area contributed by atoms with Crippen molar-refractivity contribution in [3.63, 3.8) is 0 Å². The Labute approximate surface area is 128 Å². The first kappa shape index (κ1) is 14.9. The maximum absolute atomic E-state index is 14.8. The third-order valence-corrected chi connectivity index (χ3v) is 3.54. The van der Waals surface area contributed by atoms with Crippen LogP contribution in [0.1, 0.15) is 17.4 Å². The van der Waals surface area contributed by atoms with Crippen LogP contribution in [0.4, 0.5) is 13.2 Å². The average molecular weight is 314 g/mol. The van der Waals surface area contributed by atoms with Crippen LogP contribution in [0.2, 0.25) is 0 Å². The zero-order valence-corrected chi connectivity index (χ0v) is 11.6. The molecule has 6 heteroatoms. The number of aromatic nitrogens is 1. The Bertz CT molecular complexity index is 1000. The van der Waals surface area contributed by atoms with E-state index in [1.54, 1.807) is 18.2 Å². The van der Waals surface area contributed by atoms with E-state index in [4.69, 9.17) is 5.26 Å². The van der Waals surface area contributed by atoms with Crippen LogP contribution < -0.4 is 5.43 Å². The molecule has 0 aliphatic carbocycles. The Morgan fingerprint density at radius 2 is 1.83 bits per heavy atom. The standard InChI is InChI=1S/C17H9F3N2O/c18-13-6-3-5-12(15(13)19)17(20)22-9-10(8-21)16(23)11-4-1-2-7-14(11)22/h1-7,9,17H. The molecular weight excluding hydrogens is 305 g/mol. The highest BCUT2D eigenvalue weighted by atomic mass is 19.2. The van der Waals surface area contributed by atoms with Crippen LogP contribution in [0.25, 0.3) is 10.9 Å². The number of fused-ring (bicyclic) bond motifs is 1. The van der Waals surface area contributed by atoms with Gasteiger partial charge in [0, 0.05) is 17.1 Å². The first-order valence-electron chi connectivity index (χ1n) is 6.66. The van der Waals surface area contributed by atoms with Gasteiger partial charge < -0.3 is 4.57 Å². The van der Waals surface area contributed by atoms with Crippen molar-refractivity contribution in [3.8, 4) is 6.07 Å². The predicted octanol–water partition coefficient (Wildman–Crippen LogP) is 3.67. The van der Waals surface area contributed by atoms with Gasteiger partial charge in [-0.05, 0) is 18.2 Å². The monoisotopic (exact) mass is 314 g/mol. The molecule has 0 aliphatic rings. The quantitative estimate of drug-likeness (QED) is 0.724. The summed E-state index contributed by atoms with van der Waals surface area (Å²) in [7, 11) is 0. The van der Waals surface area contributed by atoms with Gasteiger partial charge in [-0.1, -0.05) is 24.3 Å². The number of alkyl halides is 1. The average Bonchev–Trinajstić information content (AvgIpc) is 2.57. The zero-order valence-electron chi connectivity index (χ0n) is 11.6. The van der Waals surface area contributed by atoms with Crippen molar-refractivity contribution in [2.75, 3.05) is 0 Å². The number of rotatable bonds is 2. The summed E-state index contributed by atoms with van der Waals surface area (Å²) < 4.78 is 43.0. The topological polar surface area (TPSA) is 45.8 Å². The molecule has 1 unspecified atom stereocenters. The molecule has 0 saturated carbocycles. The van der Waals surface area contributed by atoms with Gasteiger partial charge >= 0.3 is 0 Å². The molecule has 0 fully saturated rings. The van der Waals surface area contributed by atoms with Gasteiger partial charge in [-0.25, -0.2) is 13.2 Å². The minimum absolute atomic E-state index is 0.131. The maximum atomic E-state index is 14.8. The highest BCUT2D eigenvalue weighted by Crippen LogP contribution is 2.27. The number of nitrogens with zero attached hydrogens (tertiary/aromatic N) is 2. The molecule has 23 heavy (non-hydrogen) atoms. The molecule has 2 aromatic carbocycles. The smallest absolute Gasteiger partial charge is 0.207 e. The fourth-order valence-corrected chi connectivity index (χ4v) is 2.42. The first-order chi connectivity index (χ1) is 11.0. The first-order valence-corrected chi connectivity index (χ1v) is 6.66. The minimum atomic E-state index is -2.08. The molecule has 1 aromatic heterocycles. The Hall–Kier alpha value is -3.07. The fourth-order valence-electron chi connectivity index (χ4n) is 2.42. The molecule has 0 saturated heterocycles. The van der Waals surface area contributed by atoms with Crippen LogP contribution in [0.15, 0.2) is 53.5 Å². The van der Waals surface area contributed by atoms with Gasteiger partial charge in [0.25, 0.3) is 0 Å². The SMILES string of the molecule is N#Cc1cn(C(F)c2cccc(F)c2F)c2ccccc2c1=O. The number of hydrogen-bond donors (Lipinski definition) is 0. The van der Waals surface area contributed by atoms with Gasteiger partial charge in [0.05, 0.1) is 5.52 Å². The van der Waals surface area contributed by atoms with Crippen molar-refractivity contribution < 1.29 is 13.2 Å². The van der Waals surface area contributed by atoms with Crippen molar-refractivity contribution in [1.82, 2.24) is 4.57 Å². The van der Waals surface area contributed by atoms with Crippen LogP contribution in [0.3, 0.4) is 0 Å². The Balaban J connectivity index is 2.32. The van der Waals surface area contributed by atoms with E-state index in [1.807, 2.05) is 0 Å². The molecule has 0 amide bonds. The molecule has 0 bridgehead atoms.